The van der Waals surface area contributed by atoms with Gasteiger partial charge < -0.3 is 0 Å². The van der Waals surface area contributed by atoms with Gasteiger partial charge in [-0.2, -0.15) is 0 Å². The lowest BCUT2D eigenvalue weighted by molar-refractivity contribution is 0.0692. The molecule has 9 heteroatoms. The minimum Gasteiger partial charge on any atom is -0.277 e. The summed E-state index contributed by atoms with van der Waals surface area (Å²) in [4.78, 5) is 63.2. The van der Waals surface area contributed by atoms with Gasteiger partial charge in [0.05, 0.1) is 22.3 Å². The standard InChI is InChI=1S/C20H11N5O4/c1-24-16(26)12-4-2-10(6-14(12)17(24)27)11-3-5-13-15(7-11)19(29)25(18(13)28)20-22-8-21-9-23-20/h2-9H,1H3. The maximum atomic E-state index is 12.8. The zero-order chi connectivity index (χ0) is 20.3. The Balaban J connectivity index is 1.57. The number of nitrogens with zero attached hydrogens (tertiary/aromatic N) is 5. The van der Waals surface area contributed by atoms with Crippen LogP contribution in [-0.2, 0) is 0 Å². The number of hydrogen-bond donors (Lipinski definition) is 0. The summed E-state index contributed by atoms with van der Waals surface area (Å²) >= 11 is 0. The molecule has 0 saturated heterocycles. The first-order chi connectivity index (χ1) is 14.0. The normalized spacial score (nSPS) is 15.2. The average Bonchev–Trinajstić information content (AvgIpc) is 3.13. The highest BCUT2D eigenvalue weighted by molar-refractivity contribution is 6.34. The predicted octanol–water partition coefficient (Wildman–Crippen LogP) is 1.56. The maximum absolute atomic E-state index is 12.8. The third-order valence-electron chi connectivity index (χ3n) is 4.99. The first-order valence-corrected chi connectivity index (χ1v) is 8.59. The van der Waals surface area contributed by atoms with Crippen molar-refractivity contribution in [2.24, 2.45) is 0 Å². The Hall–Kier alpha value is -4.27. The zero-order valence-electron chi connectivity index (χ0n) is 15.0. The first-order valence-electron chi connectivity index (χ1n) is 8.59. The summed E-state index contributed by atoms with van der Waals surface area (Å²) in [5, 5.41) is 0. The smallest absolute Gasteiger partial charge is 0.268 e. The molecule has 1 aromatic heterocycles. The van der Waals surface area contributed by atoms with E-state index in [2.05, 4.69) is 15.0 Å². The molecule has 140 valence electrons. The van der Waals surface area contributed by atoms with E-state index >= 15 is 0 Å². The Morgan fingerprint density at radius 2 is 1.14 bits per heavy atom. The number of hydrogen-bond acceptors (Lipinski definition) is 7. The van der Waals surface area contributed by atoms with Crippen LogP contribution in [0.2, 0.25) is 0 Å². The molecule has 0 fully saturated rings. The predicted molar refractivity (Wildman–Crippen MR) is 99.3 cm³/mol. The van der Waals surface area contributed by atoms with E-state index in [1.807, 2.05) is 0 Å². The van der Waals surface area contributed by atoms with E-state index in [1.165, 1.54) is 19.7 Å². The topological polar surface area (TPSA) is 113 Å². The fourth-order valence-corrected chi connectivity index (χ4v) is 3.49. The quantitative estimate of drug-likeness (QED) is 0.615. The zero-order valence-corrected chi connectivity index (χ0v) is 15.0. The number of fused-ring (bicyclic) bond motifs is 2. The number of imide groups is 2. The molecule has 0 unspecified atom stereocenters. The molecular weight excluding hydrogens is 374 g/mol. The third kappa shape index (κ3) is 2.30. The van der Waals surface area contributed by atoms with E-state index in [-0.39, 0.29) is 28.9 Å². The third-order valence-corrected chi connectivity index (χ3v) is 4.99. The van der Waals surface area contributed by atoms with Crippen LogP contribution in [0.4, 0.5) is 5.95 Å². The van der Waals surface area contributed by atoms with Gasteiger partial charge >= 0.3 is 0 Å². The van der Waals surface area contributed by atoms with Crippen molar-refractivity contribution in [1.29, 1.82) is 0 Å². The molecule has 0 saturated carbocycles. The second kappa shape index (κ2) is 5.86. The lowest BCUT2D eigenvalue weighted by atomic mass is 9.97. The number of anilines is 1. The fraction of sp³-hybridized carbons (Fsp3) is 0.0500. The molecule has 3 heterocycles. The van der Waals surface area contributed by atoms with Gasteiger partial charge in [0.15, 0.2) is 0 Å². The summed E-state index contributed by atoms with van der Waals surface area (Å²) in [6.07, 6.45) is 2.41. The molecule has 4 amide bonds. The maximum Gasteiger partial charge on any atom is 0.268 e. The molecule has 29 heavy (non-hydrogen) atoms. The molecule has 0 bridgehead atoms. The molecule has 2 aromatic carbocycles. The SMILES string of the molecule is CN1C(=O)c2ccc(-c3ccc4c(c3)C(=O)N(c3ncncn3)C4=O)cc2C1=O. The van der Waals surface area contributed by atoms with Crippen LogP contribution in [0.15, 0.2) is 49.1 Å². The van der Waals surface area contributed by atoms with Crippen LogP contribution in [0.3, 0.4) is 0 Å². The molecule has 0 atom stereocenters. The summed E-state index contributed by atoms with van der Waals surface area (Å²) in [6.45, 7) is 0. The second-order valence-electron chi connectivity index (χ2n) is 6.57. The molecule has 0 N–H and O–H groups in total. The molecule has 0 spiro atoms. The molecular formula is C20H11N5O4. The van der Waals surface area contributed by atoms with Crippen LogP contribution in [0.25, 0.3) is 11.1 Å². The number of benzene rings is 2. The van der Waals surface area contributed by atoms with Gasteiger partial charge in [0.1, 0.15) is 12.7 Å². The highest BCUT2D eigenvalue weighted by Gasteiger charge is 2.39. The Labute approximate surface area is 163 Å². The molecule has 9 nitrogen and oxygen atoms in total. The van der Waals surface area contributed by atoms with Crippen LogP contribution in [0, 0.1) is 0 Å². The Bertz CT molecular complexity index is 1250. The van der Waals surface area contributed by atoms with E-state index in [0.717, 1.165) is 9.80 Å². The summed E-state index contributed by atoms with van der Waals surface area (Å²) in [7, 11) is 1.43. The van der Waals surface area contributed by atoms with Crippen LogP contribution >= 0.6 is 0 Å². The van der Waals surface area contributed by atoms with Crippen molar-refractivity contribution in [2.45, 2.75) is 0 Å². The highest BCUT2D eigenvalue weighted by atomic mass is 16.2. The van der Waals surface area contributed by atoms with Gasteiger partial charge in [-0.25, -0.2) is 19.9 Å². The monoisotopic (exact) mass is 385 g/mol. The number of carbonyl (C=O) groups is 4. The van der Waals surface area contributed by atoms with Gasteiger partial charge in [-0.3, -0.25) is 24.1 Å². The highest BCUT2D eigenvalue weighted by Crippen LogP contribution is 2.32. The van der Waals surface area contributed by atoms with Gasteiger partial charge in [0.25, 0.3) is 23.6 Å². The number of carbonyl (C=O) groups excluding carboxylic acids is 4. The van der Waals surface area contributed by atoms with Crippen molar-refractivity contribution >= 4 is 29.6 Å². The van der Waals surface area contributed by atoms with Crippen molar-refractivity contribution in [3.63, 3.8) is 0 Å². The van der Waals surface area contributed by atoms with Crippen LogP contribution in [0.1, 0.15) is 41.4 Å². The van der Waals surface area contributed by atoms with Crippen molar-refractivity contribution in [2.75, 3.05) is 11.9 Å². The van der Waals surface area contributed by atoms with E-state index < -0.39 is 11.8 Å². The lowest BCUT2D eigenvalue weighted by Crippen LogP contribution is -2.31. The number of rotatable bonds is 2. The molecule has 3 aromatic rings. The molecule has 5 rings (SSSR count). The van der Waals surface area contributed by atoms with E-state index in [9.17, 15) is 19.2 Å². The molecule has 0 aliphatic carbocycles. The average molecular weight is 385 g/mol. The lowest BCUT2D eigenvalue weighted by Gasteiger charge is -2.09. The second-order valence-corrected chi connectivity index (χ2v) is 6.57. The van der Waals surface area contributed by atoms with Crippen molar-refractivity contribution < 1.29 is 19.2 Å². The Kier molecular flexibility index (Phi) is 3.41. The van der Waals surface area contributed by atoms with Gasteiger partial charge in [-0.1, -0.05) is 12.1 Å². The van der Waals surface area contributed by atoms with Crippen LogP contribution in [-0.4, -0.2) is 50.5 Å². The Morgan fingerprint density at radius 3 is 1.76 bits per heavy atom. The van der Waals surface area contributed by atoms with E-state index in [4.69, 9.17) is 0 Å². The van der Waals surface area contributed by atoms with Gasteiger partial charge in [-0.15, -0.1) is 0 Å². The van der Waals surface area contributed by atoms with Crippen molar-refractivity contribution in [1.82, 2.24) is 19.9 Å². The van der Waals surface area contributed by atoms with Gasteiger partial charge in [0, 0.05) is 7.05 Å². The largest absolute Gasteiger partial charge is 0.277 e. The summed E-state index contributed by atoms with van der Waals surface area (Å²) in [5.74, 6) is -1.82. The minimum atomic E-state index is -0.537. The van der Waals surface area contributed by atoms with Crippen LogP contribution < -0.4 is 4.90 Å². The summed E-state index contributed by atoms with van der Waals surface area (Å²) in [6, 6.07) is 9.74. The van der Waals surface area contributed by atoms with Gasteiger partial charge in [-0.05, 0) is 35.4 Å². The fourth-order valence-electron chi connectivity index (χ4n) is 3.49. The number of aromatic nitrogens is 3. The van der Waals surface area contributed by atoms with E-state index in [0.29, 0.717) is 22.3 Å². The van der Waals surface area contributed by atoms with E-state index in [1.54, 1.807) is 36.4 Å². The van der Waals surface area contributed by atoms with Crippen molar-refractivity contribution in [3.05, 3.63) is 71.3 Å². The Morgan fingerprint density at radius 1 is 0.655 bits per heavy atom. The molecule has 2 aliphatic heterocycles. The summed E-state index contributed by atoms with van der Waals surface area (Å²) in [5.41, 5.74) is 2.40. The molecule has 2 aliphatic rings. The van der Waals surface area contributed by atoms with Crippen molar-refractivity contribution in [3.8, 4) is 11.1 Å². The minimum absolute atomic E-state index is 0.0440. The van der Waals surface area contributed by atoms with Crippen LogP contribution in [0.5, 0.6) is 0 Å². The van der Waals surface area contributed by atoms with Gasteiger partial charge in [0.2, 0.25) is 5.95 Å². The molecule has 0 radical (unpaired) electrons. The first kappa shape index (κ1) is 16.9. The number of amides is 4. The summed E-state index contributed by atoms with van der Waals surface area (Å²) < 4.78 is 0.